The summed E-state index contributed by atoms with van der Waals surface area (Å²) in [7, 11) is 0. The Bertz CT molecular complexity index is 1540. The molecule has 202 valence electrons. The van der Waals surface area contributed by atoms with Crippen molar-refractivity contribution >= 4 is 28.9 Å². The molecule has 0 bridgehead atoms. The topological polar surface area (TPSA) is 125 Å². The largest absolute Gasteiger partial charge is 0.465 e. The van der Waals surface area contributed by atoms with E-state index in [-0.39, 0.29) is 36.8 Å². The zero-order valence-electron chi connectivity index (χ0n) is 21.6. The number of amides is 2. The van der Waals surface area contributed by atoms with Crippen molar-refractivity contribution in [3.63, 3.8) is 0 Å². The van der Waals surface area contributed by atoms with Crippen molar-refractivity contribution < 1.29 is 23.5 Å². The summed E-state index contributed by atoms with van der Waals surface area (Å²) in [6.07, 6.45) is -0.903. The van der Waals surface area contributed by atoms with Gasteiger partial charge in [0.15, 0.2) is 0 Å². The van der Waals surface area contributed by atoms with Crippen molar-refractivity contribution in [1.29, 1.82) is 0 Å². The molecule has 1 aromatic heterocycles. The third-order valence-electron chi connectivity index (χ3n) is 6.49. The SMILES string of the molecule is CCN(Cc1ccccc1F)C(=O)[C@H](Cc1ccccc1)Nc1nc2ccc(CNC(=O)O)c(C)c2c(=O)o1. The van der Waals surface area contributed by atoms with Crippen molar-refractivity contribution in [2.75, 3.05) is 11.9 Å². The second-order valence-electron chi connectivity index (χ2n) is 9.04. The molecule has 2 amide bonds. The van der Waals surface area contributed by atoms with E-state index >= 15 is 0 Å². The van der Waals surface area contributed by atoms with E-state index in [4.69, 9.17) is 9.52 Å². The Balaban J connectivity index is 1.65. The van der Waals surface area contributed by atoms with Gasteiger partial charge in [0, 0.05) is 31.6 Å². The fourth-order valence-electron chi connectivity index (χ4n) is 4.38. The van der Waals surface area contributed by atoms with E-state index in [0.29, 0.717) is 28.8 Å². The molecule has 1 heterocycles. The van der Waals surface area contributed by atoms with Gasteiger partial charge in [0.25, 0.3) is 6.01 Å². The first-order chi connectivity index (χ1) is 18.8. The summed E-state index contributed by atoms with van der Waals surface area (Å²) < 4.78 is 19.8. The number of likely N-dealkylation sites (N-methyl/N-ethyl adjacent to an activating group) is 1. The number of carbonyl (C=O) groups is 2. The fraction of sp³-hybridized carbons (Fsp3) is 0.241. The summed E-state index contributed by atoms with van der Waals surface area (Å²) in [6.45, 7) is 3.94. The number of hydrogen-bond donors (Lipinski definition) is 3. The third-order valence-corrected chi connectivity index (χ3v) is 6.49. The van der Waals surface area contributed by atoms with Gasteiger partial charge in [-0.05, 0) is 42.7 Å². The van der Waals surface area contributed by atoms with Gasteiger partial charge in [-0.1, -0.05) is 54.6 Å². The molecule has 1 atom stereocenters. The Morgan fingerprint density at radius 1 is 1.05 bits per heavy atom. The highest BCUT2D eigenvalue weighted by Gasteiger charge is 2.26. The third kappa shape index (κ3) is 6.59. The molecule has 9 nitrogen and oxygen atoms in total. The Kier molecular flexibility index (Phi) is 8.55. The lowest BCUT2D eigenvalue weighted by molar-refractivity contribution is -0.132. The van der Waals surface area contributed by atoms with E-state index in [1.807, 2.05) is 37.3 Å². The van der Waals surface area contributed by atoms with Crippen molar-refractivity contribution in [3.8, 4) is 0 Å². The van der Waals surface area contributed by atoms with Gasteiger partial charge in [-0.3, -0.25) is 4.79 Å². The van der Waals surface area contributed by atoms with Gasteiger partial charge in [0.05, 0.1) is 10.9 Å². The molecule has 0 radical (unpaired) electrons. The molecule has 0 aliphatic carbocycles. The number of anilines is 1. The first kappa shape index (κ1) is 27.3. The van der Waals surface area contributed by atoms with Crippen LogP contribution in [0.15, 0.2) is 75.9 Å². The summed E-state index contributed by atoms with van der Waals surface area (Å²) in [5.41, 5.74) is 2.11. The number of carbonyl (C=O) groups excluding carboxylic acids is 1. The van der Waals surface area contributed by atoms with Crippen LogP contribution in [-0.2, 0) is 24.3 Å². The molecule has 10 heteroatoms. The normalized spacial score (nSPS) is 11.7. The van der Waals surface area contributed by atoms with Gasteiger partial charge >= 0.3 is 11.7 Å². The minimum absolute atomic E-state index is 0.0268. The second-order valence-corrected chi connectivity index (χ2v) is 9.04. The molecule has 3 N–H and O–H groups in total. The van der Waals surface area contributed by atoms with E-state index < -0.39 is 23.6 Å². The lowest BCUT2D eigenvalue weighted by Crippen LogP contribution is -2.44. The van der Waals surface area contributed by atoms with Crippen LogP contribution in [0.5, 0.6) is 0 Å². The highest BCUT2D eigenvalue weighted by molar-refractivity contribution is 5.86. The van der Waals surface area contributed by atoms with Crippen LogP contribution in [0.2, 0.25) is 0 Å². The van der Waals surface area contributed by atoms with Crippen LogP contribution >= 0.6 is 0 Å². The molecule has 0 saturated heterocycles. The van der Waals surface area contributed by atoms with Gasteiger partial charge in [-0.2, -0.15) is 4.98 Å². The number of aryl methyl sites for hydroxylation is 1. The summed E-state index contributed by atoms with van der Waals surface area (Å²) in [5.74, 6) is -0.702. The number of rotatable bonds is 10. The number of halogens is 1. The average Bonchev–Trinajstić information content (AvgIpc) is 2.92. The Morgan fingerprint density at radius 3 is 2.46 bits per heavy atom. The predicted octanol–water partition coefficient (Wildman–Crippen LogP) is 4.48. The molecule has 0 aliphatic heterocycles. The first-order valence-corrected chi connectivity index (χ1v) is 12.5. The predicted molar refractivity (Wildman–Crippen MR) is 145 cm³/mol. The molecule has 0 spiro atoms. The Hall–Kier alpha value is -4.73. The van der Waals surface area contributed by atoms with Crippen LogP contribution in [0, 0.1) is 12.7 Å². The number of hydrogen-bond acceptors (Lipinski definition) is 6. The first-order valence-electron chi connectivity index (χ1n) is 12.5. The van der Waals surface area contributed by atoms with E-state index in [1.165, 1.54) is 11.0 Å². The van der Waals surface area contributed by atoms with Crippen LogP contribution < -0.4 is 16.3 Å². The van der Waals surface area contributed by atoms with Crippen LogP contribution in [0.1, 0.15) is 29.2 Å². The quantitative estimate of drug-likeness (QED) is 0.275. The summed E-state index contributed by atoms with van der Waals surface area (Å²) >= 11 is 0. The Labute approximate surface area is 224 Å². The van der Waals surface area contributed by atoms with Crippen LogP contribution in [0.3, 0.4) is 0 Å². The summed E-state index contributed by atoms with van der Waals surface area (Å²) in [5, 5.41) is 14.4. The maximum Gasteiger partial charge on any atom is 0.404 e. The van der Waals surface area contributed by atoms with E-state index in [1.54, 1.807) is 37.3 Å². The van der Waals surface area contributed by atoms with Crippen LogP contribution in [0.4, 0.5) is 15.2 Å². The van der Waals surface area contributed by atoms with Gasteiger partial charge < -0.3 is 25.1 Å². The van der Waals surface area contributed by atoms with Crippen molar-refractivity contribution in [2.24, 2.45) is 0 Å². The smallest absolute Gasteiger partial charge is 0.404 e. The zero-order chi connectivity index (χ0) is 27.9. The molecular weight excluding hydrogens is 503 g/mol. The summed E-state index contributed by atoms with van der Waals surface area (Å²) in [4.78, 5) is 43.5. The summed E-state index contributed by atoms with van der Waals surface area (Å²) in [6, 6.07) is 18.0. The molecule has 4 aromatic rings. The van der Waals surface area contributed by atoms with Gasteiger partial charge in [-0.25, -0.2) is 14.0 Å². The van der Waals surface area contributed by atoms with Gasteiger partial charge in [0.2, 0.25) is 5.91 Å². The molecule has 4 rings (SSSR count). The lowest BCUT2D eigenvalue weighted by atomic mass is 10.0. The number of aromatic nitrogens is 1. The number of fused-ring (bicyclic) bond motifs is 1. The minimum Gasteiger partial charge on any atom is -0.465 e. The molecule has 0 unspecified atom stereocenters. The monoisotopic (exact) mass is 532 g/mol. The standard InChI is InChI=1S/C29H29FN4O5/c1-3-34(17-21-11-7-8-12-22(21)30)26(35)24(15-19-9-5-4-6-10-19)33-28-32-23-14-13-20(16-31-29(37)38)18(2)25(23)27(36)39-28/h4-14,24,31H,3,15-17H2,1-2H3,(H,32,33)(H,37,38)/t24-/m0/s1. The molecule has 0 saturated carbocycles. The van der Waals surface area contributed by atoms with E-state index in [0.717, 1.165) is 5.56 Å². The highest BCUT2D eigenvalue weighted by Crippen LogP contribution is 2.21. The highest BCUT2D eigenvalue weighted by atomic mass is 19.1. The molecule has 39 heavy (non-hydrogen) atoms. The van der Waals surface area contributed by atoms with Crippen LogP contribution in [0.25, 0.3) is 10.9 Å². The maximum atomic E-state index is 14.3. The van der Waals surface area contributed by atoms with Gasteiger partial charge in [-0.15, -0.1) is 0 Å². The Morgan fingerprint density at radius 2 is 1.77 bits per heavy atom. The molecule has 0 fully saturated rings. The zero-order valence-corrected chi connectivity index (χ0v) is 21.6. The molecular formula is C29H29FN4O5. The van der Waals surface area contributed by atoms with Crippen molar-refractivity contribution in [3.05, 3.63) is 105 Å². The van der Waals surface area contributed by atoms with Crippen LogP contribution in [-0.4, -0.2) is 39.6 Å². The van der Waals surface area contributed by atoms with Crippen molar-refractivity contribution in [2.45, 2.75) is 39.4 Å². The minimum atomic E-state index is -1.18. The van der Waals surface area contributed by atoms with Gasteiger partial charge in [0.1, 0.15) is 11.9 Å². The lowest BCUT2D eigenvalue weighted by Gasteiger charge is -2.27. The molecule has 3 aromatic carbocycles. The number of benzene rings is 3. The molecule has 0 aliphatic rings. The average molecular weight is 533 g/mol. The number of nitrogens with zero attached hydrogens (tertiary/aromatic N) is 2. The van der Waals surface area contributed by atoms with E-state index in [2.05, 4.69) is 15.6 Å². The van der Waals surface area contributed by atoms with E-state index in [9.17, 15) is 18.8 Å². The van der Waals surface area contributed by atoms with Crippen molar-refractivity contribution in [1.82, 2.24) is 15.2 Å². The second kappa shape index (κ2) is 12.2. The maximum absolute atomic E-state index is 14.3. The fourth-order valence-corrected chi connectivity index (χ4v) is 4.38. The number of nitrogens with one attached hydrogen (secondary N) is 2. The number of carboxylic acid groups (broad SMARTS) is 1.